The van der Waals surface area contributed by atoms with Crippen LogP contribution in [0.15, 0.2) is 29.2 Å². The summed E-state index contributed by atoms with van der Waals surface area (Å²) >= 11 is 0. The lowest BCUT2D eigenvalue weighted by Gasteiger charge is -2.37. The van der Waals surface area contributed by atoms with Gasteiger partial charge in [-0.3, -0.25) is 0 Å². The van der Waals surface area contributed by atoms with Crippen molar-refractivity contribution < 1.29 is 13.2 Å². The summed E-state index contributed by atoms with van der Waals surface area (Å²) in [5.41, 5.74) is 0.366. The minimum atomic E-state index is -3.48. The molecule has 1 heterocycles. The number of sulfonamides is 1. The van der Waals surface area contributed by atoms with Crippen LogP contribution < -0.4 is 5.32 Å². The Kier molecular flexibility index (Phi) is 5.03. The van der Waals surface area contributed by atoms with E-state index >= 15 is 0 Å². The van der Waals surface area contributed by atoms with Gasteiger partial charge >= 0.3 is 0 Å². The van der Waals surface area contributed by atoms with Crippen LogP contribution in [0, 0.1) is 0 Å². The highest BCUT2D eigenvalue weighted by molar-refractivity contribution is 7.89. The molecule has 0 saturated carbocycles. The topological polar surface area (TPSA) is 58.6 Å². The lowest BCUT2D eigenvalue weighted by atomic mass is 10.1. The third kappa shape index (κ3) is 3.83. The molecule has 118 valence electrons. The molecule has 0 unspecified atom stereocenters. The molecule has 1 fully saturated rings. The van der Waals surface area contributed by atoms with E-state index in [4.69, 9.17) is 4.74 Å². The van der Waals surface area contributed by atoms with Crippen molar-refractivity contribution in [3.63, 3.8) is 0 Å². The Bertz CT molecular complexity index is 584. The Morgan fingerprint density at radius 3 is 2.71 bits per heavy atom. The summed E-state index contributed by atoms with van der Waals surface area (Å²) in [4.78, 5) is 0.392. The van der Waals surface area contributed by atoms with E-state index in [-0.39, 0.29) is 0 Å². The predicted molar refractivity (Wildman–Crippen MR) is 82.6 cm³/mol. The van der Waals surface area contributed by atoms with Crippen LogP contribution in [0.1, 0.15) is 26.3 Å². The van der Waals surface area contributed by atoms with Crippen LogP contribution in [0.5, 0.6) is 0 Å². The van der Waals surface area contributed by atoms with E-state index in [1.165, 1.54) is 4.31 Å². The van der Waals surface area contributed by atoms with Gasteiger partial charge in [-0.2, -0.15) is 4.31 Å². The molecule has 2 rings (SSSR count). The zero-order chi connectivity index (χ0) is 15.5. The first-order valence-electron chi connectivity index (χ1n) is 7.29. The predicted octanol–water partition coefficient (Wildman–Crippen LogP) is 1.60. The molecule has 1 aromatic rings. The molecule has 1 aliphatic heterocycles. The summed E-state index contributed by atoms with van der Waals surface area (Å²) in [6.07, 6.45) is 0. The molecule has 0 atom stereocenters. The van der Waals surface area contributed by atoms with Crippen LogP contribution in [0.25, 0.3) is 0 Å². The lowest BCUT2D eigenvalue weighted by Crippen LogP contribution is -2.50. The average Bonchev–Trinajstić information content (AvgIpc) is 2.44. The number of nitrogens with zero attached hydrogens (tertiary/aromatic N) is 1. The monoisotopic (exact) mass is 312 g/mol. The Morgan fingerprint density at radius 1 is 1.33 bits per heavy atom. The summed E-state index contributed by atoms with van der Waals surface area (Å²) in [6.45, 7) is 8.41. The van der Waals surface area contributed by atoms with E-state index in [9.17, 15) is 8.42 Å². The van der Waals surface area contributed by atoms with Crippen molar-refractivity contribution in [1.29, 1.82) is 0 Å². The van der Waals surface area contributed by atoms with Crippen LogP contribution in [-0.4, -0.2) is 44.6 Å². The van der Waals surface area contributed by atoms with Gasteiger partial charge in [0.25, 0.3) is 0 Å². The van der Waals surface area contributed by atoms with Gasteiger partial charge in [0.15, 0.2) is 0 Å². The van der Waals surface area contributed by atoms with Crippen molar-refractivity contribution in [2.24, 2.45) is 0 Å². The Morgan fingerprint density at radius 2 is 2.05 bits per heavy atom. The molecule has 5 nitrogen and oxygen atoms in total. The number of rotatable bonds is 5. The minimum absolute atomic E-state index is 0.380. The third-order valence-corrected chi connectivity index (χ3v) is 5.49. The summed E-state index contributed by atoms with van der Waals surface area (Å²) in [5, 5.41) is 3.19. The van der Waals surface area contributed by atoms with Gasteiger partial charge in [0, 0.05) is 19.6 Å². The maximum absolute atomic E-state index is 12.9. The SMILES string of the molecule is CCNCc1ccccc1S(=O)(=O)N1CCOC(C)(C)C1. The zero-order valence-electron chi connectivity index (χ0n) is 12.9. The molecule has 1 aliphatic rings. The smallest absolute Gasteiger partial charge is 0.243 e. The number of hydrogen-bond acceptors (Lipinski definition) is 4. The van der Waals surface area contributed by atoms with E-state index < -0.39 is 15.6 Å². The zero-order valence-corrected chi connectivity index (χ0v) is 13.7. The van der Waals surface area contributed by atoms with Crippen molar-refractivity contribution in [2.45, 2.75) is 37.8 Å². The Labute approximate surface area is 127 Å². The van der Waals surface area contributed by atoms with Crippen LogP contribution in [-0.2, 0) is 21.3 Å². The van der Waals surface area contributed by atoms with Gasteiger partial charge in [0.1, 0.15) is 0 Å². The molecule has 0 aromatic heterocycles. The standard InChI is InChI=1S/C15H24N2O3S/c1-4-16-11-13-7-5-6-8-14(13)21(18,19)17-9-10-20-15(2,3)12-17/h5-8,16H,4,9-12H2,1-3H3. The van der Waals surface area contributed by atoms with E-state index in [1.54, 1.807) is 12.1 Å². The molecule has 0 bridgehead atoms. The molecule has 1 saturated heterocycles. The number of morpholine rings is 1. The number of benzene rings is 1. The third-order valence-electron chi connectivity index (χ3n) is 3.55. The lowest BCUT2D eigenvalue weighted by molar-refractivity contribution is -0.0640. The number of ether oxygens (including phenoxy) is 1. The molecular weight excluding hydrogens is 288 g/mol. The highest BCUT2D eigenvalue weighted by atomic mass is 32.2. The van der Waals surface area contributed by atoms with Crippen LogP contribution in [0.2, 0.25) is 0 Å². The largest absolute Gasteiger partial charge is 0.373 e. The van der Waals surface area contributed by atoms with Crippen LogP contribution >= 0.6 is 0 Å². The summed E-state index contributed by atoms with van der Waals surface area (Å²) in [6, 6.07) is 7.19. The summed E-state index contributed by atoms with van der Waals surface area (Å²) in [7, 11) is -3.48. The molecule has 0 spiro atoms. The summed E-state index contributed by atoms with van der Waals surface area (Å²) in [5.74, 6) is 0. The second-order valence-corrected chi connectivity index (χ2v) is 7.74. The van der Waals surface area contributed by atoms with Gasteiger partial charge < -0.3 is 10.1 Å². The maximum atomic E-state index is 12.9. The molecule has 1 aromatic carbocycles. The normalized spacial score (nSPS) is 19.6. The quantitative estimate of drug-likeness (QED) is 0.897. The van der Waals surface area contributed by atoms with Gasteiger partial charge in [0.05, 0.1) is 17.1 Å². The van der Waals surface area contributed by atoms with E-state index in [0.717, 1.165) is 12.1 Å². The maximum Gasteiger partial charge on any atom is 0.243 e. The van der Waals surface area contributed by atoms with E-state index in [1.807, 2.05) is 32.9 Å². The highest BCUT2D eigenvalue weighted by Gasteiger charge is 2.35. The van der Waals surface area contributed by atoms with Gasteiger partial charge in [-0.05, 0) is 32.0 Å². The first-order valence-corrected chi connectivity index (χ1v) is 8.73. The highest BCUT2D eigenvalue weighted by Crippen LogP contribution is 2.25. The van der Waals surface area contributed by atoms with Crippen LogP contribution in [0.4, 0.5) is 0 Å². The first kappa shape index (κ1) is 16.4. The van der Waals surface area contributed by atoms with Gasteiger partial charge in [-0.15, -0.1) is 0 Å². The van der Waals surface area contributed by atoms with Crippen molar-refractivity contribution in [2.75, 3.05) is 26.2 Å². The van der Waals surface area contributed by atoms with Crippen molar-refractivity contribution >= 4 is 10.0 Å². The number of hydrogen-bond donors (Lipinski definition) is 1. The first-order chi connectivity index (χ1) is 9.87. The molecule has 0 radical (unpaired) electrons. The minimum Gasteiger partial charge on any atom is -0.373 e. The van der Waals surface area contributed by atoms with Crippen molar-refractivity contribution in [3.8, 4) is 0 Å². The van der Waals surface area contributed by atoms with Gasteiger partial charge in [-0.1, -0.05) is 25.1 Å². The summed E-state index contributed by atoms with van der Waals surface area (Å²) < 4.78 is 32.9. The second-order valence-electron chi connectivity index (χ2n) is 5.83. The molecule has 6 heteroatoms. The van der Waals surface area contributed by atoms with E-state index in [0.29, 0.717) is 31.1 Å². The number of nitrogens with one attached hydrogen (secondary N) is 1. The van der Waals surface area contributed by atoms with Crippen molar-refractivity contribution in [1.82, 2.24) is 9.62 Å². The van der Waals surface area contributed by atoms with E-state index in [2.05, 4.69) is 5.32 Å². The molecule has 0 amide bonds. The molecule has 21 heavy (non-hydrogen) atoms. The fourth-order valence-electron chi connectivity index (χ4n) is 2.48. The Balaban J connectivity index is 2.31. The molecule has 1 N–H and O–H groups in total. The fourth-order valence-corrected chi connectivity index (χ4v) is 4.27. The van der Waals surface area contributed by atoms with Gasteiger partial charge in [-0.25, -0.2) is 8.42 Å². The Hall–Kier alpha value is -0.950. The molecule has 0 aliphatic carbocycles. The fraction of sp³-hybridized carbons (Fsp3) is 0.600. The molecular formula is C15H24N2O3S. The van der Waals surface area contributed by atoms with Crippen LogP contribution in [0.3, 0.4) is 0 Å². The second kappa shape index (κ2) is 6.44. The van der Waals surface area contributed by atoms with Crippen molar-refractivity contribution in [3.05, 3.63) is 29.8 Å². The van der Waals surface area contributed by atoms with Gasteiger partial charge in [0.2, 0.25) is 10.0 Å². The average molecular weight is 312 g/mol.